The third-order valence-electron chi connectivity index (χ3n) is 3.55. The summed E-state index contributed by atoms with van der Waals surface area (Å²) in [4.78, 5) is 1.33. The Labute approximate surface area is 128 Å². The van der Waals surface area contributed by atoms with Crippen LogP contribution in [0.3, 0.4) is 0 Å². The first-order valence-corrected chi connectivity index (χ1v) is 6.83. The third-order valence-corrected chi connectivity index (χ3v) is 3.55. The van der Waals surface area contributed by atoms with Crippen LogP contribution in [0, 0.1) is 0 Å². The Kier molecular flexibility index (Phi) is 5.22. The van der Waals surface area contributed by atoms with Gasteiger partial charge in [-0.15, -0.1) is 0 Å². The average Bonchev–Trinajstić information content (AvgIpc) is 2.46. The van der Waals surface area contributed by atoms with Crippen molar-refractivity contribution < 1.29 is 36.2 Å². The van der Waals surface area contributed by atoms with Crippen LogP contribution in [-0.2, 0) is 10.9 Å². The number of benzene rings is 1. The van der Waals surface area contributed by atoms with Crippen molar-refractivity contribution in [3.05, 3.63) is 35.4 Å². The monoisotopic (exact) mass is 343 g/mol. The predicted octanol–water partition coefficient (Wildman–Crippen LogP) is 3.00. The van der Waals surface area contributed by atoms with Gasteiger partial charge in [-0.05, 0) is 17.7 Å². The fraction of sp³-hybridized carbons (Fsp3) is 0.571. The van der Waals surface area contributed by atoms with Crippen LogP contribution in [-0.4, -0.2) is 48.5 Å². The fourth-order valence-electron chi connectivity index (χ4n) is 2.33. The number of ether oxygens (including phenoxy) is 1. The zero-order valence-corrected chi connectivity index (χ0v) is 11.9. The van der Waals surface area contributed by atoms with Crippen LogP contribution in [0.1, 0.15) is 17.2 Å². The molecular weight excluding hydrogens is 328 g/mol. The van der Waals surface area contributed by atoms with Crippen molar-refractivity contribution >= 4 is 0 Å². The number of hydrogen-bond acceptors (Lipinski definition) is 3. The van der Waals surface area contributed by atoms with E-state index in [1.54, 1.807) is 0 Å². The summed E-state index contributed by atoms with van der Waals surface area (Å²) in [5, 5.41) is 9.09. The molecule has 0 aromatic heterocycles. The highest BCUT2D eigenvalue weighted by molar-refractivity contribution is 5.27. The van der Waals surface area contributed by atoms with E-state index >= 15 is 0 Å². The van der Waals surface area contributed by atoms with Gasteiger partial charge in [-0.2, -0.15) is 26.3 Å². The molecule has 1 N–H and O–H groups in total. The molecule has 1 aromatic rings. The quantitative estimate of drug-likeness (QED) is 0.857. The lowest BCUT2D eigenvalue weighted by molar-refractivity contribution is -0.211. The molecular formula is C14H15F6NO2. The van der Waals surface area contributed by atoms with Crippen LogP contribution < -0.4 is 0 Å². The molecule has 0 bridgehead atoms. The molecule has 1 aromatic carbocycles. The van der Waals surface area contributed by atoms with Gasteiger partial charge in [0.2, 0.25) is 0 Å². The van der Waals surface area contributed by atoms with Gasteiger partial charge in [-0.3, -0.25) is 4.90 Å². The summed E-state index contributed by atoms with van der Waals surface area (Å²) in [7, 11) is 0. The standard InChI is InChI=1S/C14H15F6NO2/c15-13(16,17)10-3-1-2-9(6-10)11-7-21(4-5-23-11)8-12(22)14(18,19)20/h1-3,6,11-12,22H,4-5,7-8H2/t11-,12?/m0/s1. The molecule has 0 saturated carbocycles. The van der Waals surface area contributed by atoms with Crippen molar-refractivity contribution in [2.75, 3.05) is 26.2 Å². The maximum atomic E-state index is 12.7. The average molecular weight is 343 g/mol. The van der Waals surface area contributed by atoms with Gasteiger partial charge in [-0.1, -0.05) is 12.1 Å². The van der Waals surface area contributed by atoms with Gasteiger partial charge >= 0.3 is 12.4 Å². The van der Waals surface area contributed by atoms with E-state index in [0.29, 0.717) is 0 Å². The summed E-state index contributed by atoms with van der Waals surface area (Å²) in [6, 6.07) is 4.50. The molecule has 2 atom stereocenters. The molecule has 1 saturated heterocycles. The summed E-state index contributed by atoms with van der Waals surface area (Å²) in [5.41, 5.74) is -0.600. The second-order valence-corrected chi connectivity index (χ2v) is 5.30. The molecule has 0 spiro atoms. The predicted molar refractivity (Wildman–Crippen MR) is 68.6 cm³/mol. The van der Waals surface area contributed by atoms with Crippen molar-refractivity contribution in [2.24, 2.45) is 0 Å². The molecule has 1 heterocycles. The van der Waals surface area contributed by atoms with Crippen molar-refractivity contribution in [3.8, 4) is 0 Å². The van der Waals surface area contributed by atoms with Gasteiger partial charge in [0.25, 0.3) is 0 Å². The van der Waals surface area contributed by atoms with Crippen molar-refractivity contribution in [1.82, 2.24) is 4.90 Å². The lowest BCUT2D eigenvalue weighted by Gasteiger charge is -2.34. The molecule has 1 unspecified atom stereocenters. The molecule has 3 nitrogen and oxygen atoms in total. The number of β-amino-alcohol motifs (C(OH)–C–C–N with tert-alkyl or cyclic N) is 1. The van der Waals surface area contributed by atoms with E-state index in [2.05, 4.69) is 0 Å². The number of morpholine rings is 1. The highest BCUT2D eigenvalue weighted by Gasteiger charge is 2.40. The Morgan fingerprint density at radius 2 is 1.91 bits per heavy atom. The molecule has 2 rings (SSSR count). The van der Waals surface area contributed by atoms with Gasteiger partial charge in [0.1, 0.15) is 0 Å². The molecule has 1 fully saturated rings. The van der Waals surface area contributed by atoms with Crippen LogP contribution in [0.25, 0.3) is 0 Å². The summed E-state index contributed by atoms with van der Waals surface area (Å²) in [6.45, 7) is -0.412. The van der Waals surface area contributed by atoms with Crippen molar-refractivity contribution in [3.63, 3.8) is 0 Å². The molecule has 130 valence electrons. The van der Waals surface area contributed by atoms with E-state index in [4.69, 9.17) is 9.84 Å². The maximum Gasteiger partial charge on any atom is 0.416 e. The minimum atomic E-state index is -4.73. The molecule has 0 aliphatic carbocycles. The minimum Gasteiger partial charge on any atom is -0.382 e. The first-order chi connectivity index (χ1) is 10.6. The van der Waals surface area contributed by atoms with Gasteiger partial charge in [0.15, 0.2) is 6.10 Å². The molecule has 23 heavy (non-hydrogen) atoms. The number of aliphatic hydroxyl groups excluding tert-OH is 1. The second-order valence-electron chi connectivity index (χ2n) is 5.30. The molecule has 0 amide bonds. The Morgan fingerprint density at radius 3 is 2.52 bits per heavy atom. The highest BCUT2D eigenvalue weighted by Crippen LogP contribution is 2.32. The Balaban J connectivity index is 2.07. The number of nitrogens with zero attached hydrogens (tertiary/aromatic N) is 1. The lowest BCUT2D eigenvalue weighted by atomic mass is 10.0. The summed E-state index contributed by atoms with van der Waals surface area (Å²) in [5.74, 6) is 0. The SMILES string of the molecule is OC(CN1CCO[C@H](c2cccc(C(F)(F)F)c2)C1)C(F)(F)F. The maximum absolute atomic E-state index is 12.7. The first kappa shape index (κ1) is 18.0. The zero-order chi connectivity index (χ0) is 17.3. The van der Waals surface area contributed by atoms with E-state index < -0.39 is 36.7 Å². The van der Waals surface area contributed by atoms with Crippen LogP contribution in [0.4, 0.5) is 26.3 Å². The van der Waals surface area contributed by atoms with Crippen molar-refractivity contribution in [1.29, 1.82) is 0 Å². The Bertz CT molecular complexity index is 531. The van der Waals surface area contributed by atoms with Crippen molar-refractivity contribution in [2.45, 2.75) is 24.6 Å². The molecule has 1 aliphatic heterocycles. The summed E-state index contributed by atoms with van der Waals surface area (Å²) < 4.78 is 80.6. The first-order valence-electron chi connectivity index (χ1n) is 6.83. The third kappa shape index (κ3) is 4.82. The number of rotatable bonds is 3. The number of halogens is 6. The van der Waals surface area contributed by atoms with Gasteiger partial charge in [0.05, 0.1) is 18.3 Å². The second kappa shape index (κ2) is 6.66. The smallest absolute Gasteiger partial charge is 0.382 e. The highest BCUT2D eigenvalue weighted by atomic mass is 19.4. The molecule has 9 heteroatoms. The Hall–Kier alpha value is -1.32. The fourth-order valence-corrected chi connectivity index (χ4v) is 2.33. The summed E-state index contributed by atoms with van der Waals surface area (Å²) >= 11 is 0. The van der Waals surface area contributed by atoms with Crippen LogP contribution in [0.15, 0.2) is 24.3 Å². The molecule has 0 radical (unpaired) electrons. The van der Waals surface area contributed by atoms with E-state index in [1.807, 2.05) is 0 Å². The summed E-state index contributed by atoms with van der Waals surface area (Å²) in [6.07, 6.45) is -12.5. The Morgan fingerprint density at radius 1 is 1.22 bits per heavy atom. The van der Waals surface area contributed by atoms with E-state index in [0.717, 1.165) is 12.1 Å². The van der Waals surface area contributed by atoms with E-state index in [-0.39, 0.29) is 25.3 Å². The minimum absolute atomic E-state index is 0.0194. The van der Waals surface area contributed by atoms with Crippen LogP contribution in [0.2, 0.25) is 0 Å². The largest absolute Gasteiger partial charge is 0.416 e. The number of hydrogen-bond donors (Lipinski definition) is 1. The topological polar surface area (TPSA) is 32.7 Å². The zero-order valence-electron chi connectivity index (χ0n) is 11.9. The number of alkyl halides is 6. The van der Waals surface area contributed by atoms with Gasteiger partial charge < -0.3 is 9.84 Å². The van der Waals surface area contributed by atoms with Crippen LogP contribution >= 0.6 is 0 Å². The number of aliphatic hydroxyl groups is 1. The van der Waals surface area contributed by atoms with Crippen LogP contribution in [0.5, 0.6) is 0 Å². The van der Waals surface area contributed by atoms with Gasteiger partial charge in [0, 0.05) is 19.6 Å². The van der Waals surface area contributed by atoms with E-state index in [1.165, 1.54) is 17.0 Å². The lowest BCUT2D eigenvalue weighted by Crippen LogP contribution is -2.46. The normalized spacial score (nSPS) is 22.1. The van der Waals surface area contributed by atoms with Gasteiger partial charge in [-0.25, -0.2) is 0 Å². The van der Waals surface area contributed by atoms with E-state index in [9.17, 15) is 26.3 Å². The molecule has 1 aliphatic rings.